The number of amides is 1. The Balaban J connectivity index is 1.67. The largest absolute Gasteiger partial charge is 0.497 e. The summed E-state index contributed by atoms with van der Waals surface area (Å²) in [6.07, 6.45) is 2.27. The van der Waals surface area contributed by atoms with E-state index in [0.717, 1.165) is 48.9 Å². The summed E-state index contributed by atoms with van der Waals surface area (Å²) in [4.78, 5) is 17.9. The highest BCUT2D eigenvalue weighted by Gasteiger charge is 2.15. The summed E-state index contributed by atoms with van der Waals surface area (Å²) >= 11 is 1.60. The molecule has 32 heavy (non-hydrogen) atoms. The van der Waals surface area contributed by atoms with Crippen molar-refractivity contribution in [3.8, 4) is 5.75 Å². The number of ether oxygens (including phenoxy) is 1. The van der Waals surface area contributed by atoms with Crippen molar-refractivity contribution in [2.75, 3.05) is 12.4 Å². The third-order valence-corrected chi connectivity index (χ3v) is 6.43. The van der Waals surface area contributed by atoms with Crippen molar-refractivity contribution in [2.24, 2.45) is 0 Å². The topological polar surface area (TPSA) is 51.2 Å². The van der Waals surface area contributed by atoms with Crippen LogP contribution in [0.25, 0.3) is 21.9 Å². The molecule has 0 aliphatic carbocycles. The van der Waals surface area contributed by atoms with E-state index in [-0.39, 0.29) is 12.3 Å². The molecule has 1 N–H and O–H groups in total. The maximum absolute atomic E-state index is 13.1. The standard InChI is InChI=1S/C27H26N2O2S/c1-17-13-18(2)26(19(3)14-17)29-25(30)16-21(15-20-9-11-22(31-4)12-10-20)27-28-23-7-5-6-8-24(23)32-27/h5-15H,16H2,1-4H3,(H,29,30). The van der Waals surface area contributed by atoms with Gasteiger partial charge in [-0.2, -0.15) is 0 Å². The quantitative estimate of drug-likeness (QED) is 0.357. The van der Waals surface area contributed by atoms with Crippen LogP contribution in [0.3, 0.4) is 0 Å². The molecule has 1 heterocycles. The highest BCUT2D eigenvalue weighted by molar-refractivity contribution is 7.19. The number of nitrogens with zero attached hydrogens (tertiary/aromatic N) is 1. The molecule has 4 nitrogen and oxygen atoms in total. The van der Waals surface area contributed by atoms with Crippen LogP contribution in [-0.4, -0.2) is 18.0 Å². The Morgan fingerprint density at radius 1 is 1.03 bits per heavy atom. The monoisotopic (exact) mass is 442 g/mol. The first kappa shape index (κ1) is 21.8. The third-order valence-electron chi connectivity index (χ3n) is 5.32. The average molecular weight is 443 g/mol. The molecule has 0 atom stereocenters. The number of para-hydroxylation sites is 1. The van der Waals surface area contributed by atoms with Crippen LogP contribution in [0, 0.1) is 20.8 Å². The van der Waals surface area contributed by atoms with Gasteiger partial charge in [0.05, 0.1) is 23.7 Å². The van der Waals surface area contributed by atoms with Gasteiger partial charge in [-0.05, 0) is 73.4 Å². The number of nitrogens with one attached hydrogen (secondary N) is 1. The first-order chi connectivity index (χ1) is 15.4. The van der Waals surface area contributed by atoms with E-state index < -0.39 is 0 Å². The van der Waals surface area contributed by atoms with Crippen molar-refractivity contribution in [1.82, 2.24) is 4.98 Å². The molecule has 1 amide bonds. The lowest BCUT2D eigenvalue weighted by atomic mass is 10.0. The second-order valence-electron chi connectivity index (χ2n) is 7.93. The fourth-order valence-electron chi connectivity index (χ4n) is 3.83. The van der Waals surface area contributed by atoms with E-state index in [2.05, 4.69) is 30.4 Å². The SMILES string of the molecule is COc1ccc(C=C(CC(=O)Nc2c(C)cc(C)cc2C)c2nc3ccccc3s2)cc1. The van der Waals surface area contributed by atoms with Crippen molar-refractivity contribution < 1.29 is 9.53 Å². The lowest BCUT2D eigenvalue weighted by molar-refractivity contribution is -0.115. The minimum absolute atomic E-state index is 0.0564. The highest BCUT2D eigenvalue weighted by atomic mass is 32.1. The van der Waals surface area contributed by atoms with Gasteiger partial charge >= 0.3 is 0 Å². The zero-order valence-corrected chi connectivity index (χ0v) is 19.5. The Bertz CT molecular complexity index is 1250. The van der Waals surface area contributed by atoms with E-state index in [1.165, 1.54) is 5.56 Å². The summed E-state index contributed by atoms with van der Waals surface area (Å²) in [7, 11) is 1.65. The molecule has 1 aromatic heterocycles. The average Bonchev–Trinajstić information content (AvgIpc) is 3.20. The van der Waals surface area contributed by atoms with Crippen LogP contribution < -0.4 is 10.1 Å². The Morgan fingerprint density at radius 2 is 1.72 bits per heavy atom. The summed E-state index contributed by atoms with van der Waals surface area (Å²) in [5, 5.41) is 3.98. The van der Waals surface area contributed by atoms with E-state index in [9.17, 15) is 4.79 Å². The van der Waals surface area contributed by atoms with Crippen molar-refractivity contribution in [2.45, 2.75) is 27.2 Å². The zero-order valence-electron chi connectivity index (χ0n) is 18.7. The maximum atomic E-state index is 13.1. The number of anilines is 1. The van der Waals surface area contributed by atoms with Gasteiger partial charge in [0.25, 0.3) is 0 Å². The van der Waals surface area contributed by atoms with Crippen LogP contribution in [0.1, 0.15) is 33.7 Å². The second-order valence-corrected chi connectivity index (χ2v) is 8.96. The summed E-state index contributed by atoms with van der Waals surface area (Å²) in [6, 6.07) is 20.0. The van der Waals surface area contributed by atoms with E-state index in [0.29, 0.717) is 0 Å². The van der Waals surface area contributed by atoms with Gasteiger partial charge in [-0.25, -0.2) is 4.98 Å². The normalized spacial score (nSPS) is 11.6. The van der Waals surface area contributed by atoms with Crippen molar-refractivity contribution >= 4 is 44.8 Å². The van der Waals surface area contributed by atoms with Gasteiger partial charge in [-0.15, -0.1) is 11.3 Å². The minimum atomic E-state index is -0.0564. The van der Waals surface area contributed by atoms with Crippen LogP contribution >= 0.6 is 11.3 Å². The fourth-order valence-corrected chi connectivity index (χ4v) is 4.81. The number of methoxy groups -OCH3 is 1. The van der Waals surface area contributed by atoms with Gasteiger partial charge in [0.1, 0.15) is 10.8 Å². The molecule has 0 spiro atoms. The molecule has 4 rings (SSSR count). The molecule has 0 saturated heterocycles. The van der Waals surface area contributed by atoms with E-state index in [1.54, 1.807) is 18.4 Å². The summed E-state index contributed by atoms with van der Waals surface area (Å²) in [5.41, 5.74) is 7.03. The van der Waals surface area contributed by atoms with Crippen molar-refractivity contribution in [1.29, 1.82) is 0 Å². The van der Waals surface area contributed by atoms with Crippen LogP contribution in [0.2, 0.25) is 0 Å². The number of hydrogen-bond donors (Lipinski definition) is 1. The summed E-state index contributed by atoms with van der Waals surface area (Å²) in [6.45, 7) is 6.11. The summed E-state index contributed by atoms with van der Waals surface area (Å²) < 4.78 is 6.37. The van der Waals surface area contributed by atoms with Crippen LogP contribution in [0.4, 0.5) is 5.69 Å². The van der Waals surface area contributed by atoms with Crippen LogP contribution in [0.5, 0.6) is 5.75 Å². The Hall–Kier alpha value is -3.44. The van der Waals surface area contributed by atoms with Gasteiger partial charge in [-0.1, -0.05) is 42.0 Å². The molecule has 0 unspecified atom stereocenters. The predicted octanol–water partition coefficient (Wildman–Crippen LogP) is 6.80. The second kappa shape index (κ2) is 9.37. The number of benzene rings is 3. The molecule has 0 bridgehead atoms. The number of aryl methyl sites for hydroxylation is 3. The third kappa shape index (κ3) is 4.89. The molecule has 0 fully saturated rings. The van der Waals surface area contributed by atoms with Gasteiger partial charge in [0.15, 0.2) is 0 Å². The lowest BCUT2D eigenvalue weighted by Crippen LogP contribution is -2.14. The number of aromatic nitrogens is 1. The first-order valence-electron chi connectivity index (χ1n) is 10.5. The molecule has 0 aliphatic rings. The van der Waals surface area contributed by atoms with Crippen molar-refractivity contribution in [3.05, 3.63) is 87.9 Å². The molecular weight excluding hydrogens is 416 g/mol. The number of carbonyl (C=O) groups excluding carboxylic acids is 1. The number of rotatable bonds is 6. The fraction of sp³-hybridized carbons (Fsp3) is 0.185. The molecule has 0 saturated carbocycles. The van der Waals surface area contributed by atoms with E-state index >= 15 is 0 Å². The molecule has 5 heteroatoms. The Labute approximate surface area is 192 Å². The van der Waals surface area contributed by atoms with Gasteiger partial charge < -0.3 is 10.1 Å². The highest BCUT2D eigenvalue weighted by Crippen LogP contribution is 2.31. The molecule has 3 aromatic carbocycles. The maximum Gasteiger partial charge on any atom is 0.228 e. The van der Waals surface area contributed by atoms with Gasteiger partial charge in [0.2, 0.25) is 5.91 Å². The number of carbonyl (C=O) groups is 1. The van der Waals surface area contributed by atoms with Crippen LogP contribution in [0.15, 0.2) is 60.7 Å². The molecular formula is C27H26N2O2S. The molecule has 0 aliphatic heterocycles. The first-order valence-corrected chi connectivity index (χ1v) is 11.3. The molecule has 0 radical (unpaired) electrons. The minimum Gasteiger partial charge on any atom is -0.497 e. The Morgan fingerprint density at radius 3 is 2.38 bits per heavy atom. The number of hydrogen-bond acceptors (Lipinski definition) is 4. The van der Waals surface area contributed by atoms with Gasteiger partial charge in [0, 0.05) is 5.69 Å². The smallest absolute Gasteiger partial charge is 0.228 e. The molecule has 4 aromatic rings. The summed E-state index contributed by atoms with van der Waals surface area (Å²) in [5.74, 6) is 0.742. The Kier molecular flexibility index (Phi) is 6.37. The number of thiazole rings is 1. The number of fused-ring (bicyclic) bond motifs is 1. The zero-order chi connectivity index (χ0) is 22.7. The van der Waals surface area contributed by atoms with Crippen molar-refractivity contribution in [3.63, 3.8) is 0 Å². The predicted molar refractivity (Wildman–Crippen MR) is 134 cm³/mol. The van der Waals surface area contributed by atoms with Crippen LogP contribution in [-0.2, 0) is 4.79 Å². The van der Waals surface area contributed by atoms with E-state index in [1.807, 2.05) is 62.4 Å². The lowest BCUT2D eigenvalue weighted by Gasteiger charge is -2.13. The van der Waals surface area contributed by atoms with Gasteiger partial charge in [-0.3, -0.25) is 4.79 Å². The molecule has 162 valence electrons. The van der Waals surface area contributed by atoms with E-state index in [4.69, 9.17) is 9.72 Å².